The highest BCUT2D eigenvalue weighted by Crippen LogP contribution is 2.15. The number of carbonyl (C=O) groups excluding carboxylic acids is 2. The van der Waals surface area contributed by atoms with Crippen molar-refractivity contribution in [1.29, 1.82) is 0 Å². The molecule has 2 heterocycles. The molecule has 2 aromatic rings. The van der Waals surface area contributed by atoms with E-state index in [9.17, 15) is 9.59 Å². The highest BCUT2D eigenvalue weighted by atomic mass is 16.5. The molecular weight excluding hydrogens is 276 g/mol. The number of rotatable bonds is 3. The highest BCUT2D eigenvalue weighted by molar-refractivity contribution is 5.94. The van der Waals surface area contributed by atoms with Gasteiger partial charge in [-0.2, -0.15) is 0 Å². The van der Waals surface area contributed by atoms with Crippen molar-refractivity contribution in [3.63, 3.8) is 0 Å². The molecule has 0 atom stereocenters. The van der Waals surface area contributed by atoms with Crippen LogP contribution in [-0.4, -0.2) is 54.7 Å². The number of aromatic nitrogens is 1. The SMILES string of the molecule is O=C(OCC(=O)N1CCOCC1)c1ccc2ncoc2c1. The van der Waals surface area contributed by atoms with Gasteiger partial charge in [-0.15, -0.1) is 0 Å². The fourth-order valence-electron chi connectivity index (χ4n) is 2.10. The van der Waals surface area contributed by atoms with Crippen LogP contribution in [0.2, 0.25) is 0 Å². The number of benzene rings is 1. The number of ether oxygens (including phenoxy) is 2. The average Bonchev–Trinajstić information content (AvgIpc) is 3.00. The number of nitrogens with zero attached hydrogens (tertiary/aromatic N) is 2. The number of amides is 1. The normalized spacial score (nSPS) is 15.1. The van der Waals surface area contributed by atoms with Crippen molar-refractivity contribution in [1.82, 2.24) is 9.88 Å². The van der Waals surface area contributed by atoms with Crippen LogP contribution in [0, 0.1) is 0 Å². The molecule has 1 aromatic heterocycles. The summed E-state index contributed by atoms with van der Waals surface area (Å²) in [6, 6.07) is 4.80. The number of morpholine rings is 1. The van der Waals surface area contributed by atoms with Crippen molar-refractivity contribution in [2.75, 3.05) is 32.9 Å². The Balaban J connectivity index is 1.59. The van der Waals surface area contributed by atoms with Crippen LogP contribution >= 0.6 is 0 Å². The molecule has 0 unspecified atom stereocenters. The molecule has 0 spiro atoms. The van der Waals surface area contributed by atoms with Gasteiger partial charge in [0, 0.05) is 13.1 Å². The van der Waals surface area contributed by atoms with Gasteiger partial charge in [0.05, 0.1) is 18.8 Å². The summed E-state index contributed by atoms with van der Waals surface area (Å²) in [7, 11) is 0. The van der Waals surface area contributed by atoms with Gasteiger partial charge in [-0.3, -0.25) is 4.79 Å². The number of esters is 1. The Morgan fingerprint density at radius 3 is 2.90 bits per heavy atom. The van der Waals surface area contributed by atoms with Gasteiger partial charge >= 0.3 is 5.97 Å². The maximum absolute atomic E-state index is 11.9. The van der Waals surface area contributed by atoms with Gasteiger partial charge in [-0.25, -0.2) is 9.78 Å². The summed E-state index contributed by atoms with van der Waals surface area (Å²) in [6.45, 7) is 1.82. The first-order valence-corrected chi connectivity index (χ1v) is 6.60. The third kappa shape index (κ3) is 3.03. The first kappa shape index (κ1) is 13.6. The lowest BCUT2D eigenvalue weighted by Crippen LogP contribution is -2.42. The van der Waals surface area contributed by atoms with Crippen molar-refractivity contribution < 1.29 is 23.5 Å². The van der Waals surface area contributed by atoms with Crippen LogP contribution in [0.3, 0.4) is 0 Å². The Bertz CT molecular complexity index is 660. The van der Waals surface area contributed by atoms with Crippen LogP contribution in [0.5, 0.6) is 0 Å². The number of carbonyl (C=O) groups is 2. The molecule has 0 N–H and O–H groups in total. The minimum atomic E-state index is -0.560. The molecule has 7 heteroatoms. The Kier molecular flexibility index (Phi) is 3.83. The smallest absolute Gasteiger partial charge is 0.338 e. The molecule has 1 aliphatic rings. The summed E-state index contributed by atoms with van der Waals surface area (Å²) < 4.78 is 15.3. The summed E-state index contributed by atoms with van der Waals surface area (Å²) in [5.74, 6) is -0.776. The molecule has 0 saturated carbocycles. The van der Waals surface area contributed by atoms with Gasteiger partial charge in [0.25, 0.3) is 5.91 Å². The lowest BCUT2D eigenvalue weighted by atomic mass is 10.2. The van der Waals surface area contributed by atoms with E-state index in [-0.39, 0.29) is 12.5 Å². The summed E-state index contributed by atoms with van der Waals surface area (Å²) >= 11 is 0. The molecular formula is C14H14N2O5. The zero-order valence-electron chi connectivity index (χ0n) is 11.3. The molecule has 1 fully saturated rings. The second kappa shape index (κ2) is 5.92. The highest BCUT2D eigenvalue weighted by Gasteiger charge is 2.19. The molecule has 0 radical (unpaired) electrons. The topological polar surface area (TPSA) is 81.9 Å². The van der Waals surface area contributed by atoms with Crippen LogP contribution < -0.4 is 0 Å². The Hall–Kier alpha value is -2.41. The van der Waals surface area contributed by atoms with Gasteiger partial charge in [-0.05, 0) is 18.2 Å². The van der Waals surface area contributed by atoms with Gasteiger partial charge in [0.2, 0.25) is 0 Å². The van der Waals surface area contributed by atoms with E-state index in [4.69, 9.17) is 13.9 Å². The quantitative estimate of drug-likeness (QED) is 0.779. The van der Waals surface area contributed by atoms with Crippen molar-refractivity contribution in [2.45, 2.75) is 0 Å². The molecule has 1 aromatic carbocycles. The third-order valence-electron chi connectivity index (χ3n) is 3.26. The van der Waals surface area contributed by atoms with Crippen molar-refractivity contribution in [2.24, 2.45) is 0 Å². The minimum Gasteiger partial charge on any atom is -0.452 e. The molecule has 1 amide bonds. The number of hydrogen-bond donors (Lipinski definition) is 0. The molecule has 1 aliphatic heterocycles. The first-order valence-electron chi connectivity index (χ1n) is 6.60. The predicted octanol–water partition coefficient (Wildman–Crippen LogP) is 0.843. The zero-order chi connectivity index (χ0) is 14.7. The van der Waals surface area contributed by atoms with Crippen molar-refractivity contribution >= 4 is 23.0 Å². The Morgan fingerprint density at radius 1 is 1.29 bits per heavy atom. The van der Waals surface area contributed by atoms with E-state index in [0.717, 1.165) is 0 Å². The lowest BCUT2D eigenvalue weighted by molar-refractivity contribution is -0.138. The van der Waals surface area contributed by atoms with Crippen molar-refractivity contribution in [3.8, 4) is 0 Å². The van der Waals surface area contributed by atoms with Crippen LogP contribution in [0.25, 0.3) is 11.1 Å². The van der Waals surface area contributed by atoms with E-state index in [2.05, 4.69) is 4.98 Å². The van der Waals surface area contributed by atoms with E-state index in [1.807, 2.05) is 0 Å². The second-order valence-corrected chi connectivity index (χ2v) is 4.60. The van der Waals surface area contributed by atoms with Gasteiger partial charge < -0.3 is 18.8 Å². The van der Waals surface area contributed by atoms with E-state index in [1.165, 1.54) is 6.39 Å². The summed E-state index contributed by atoms with van der Waals surface area (Å²) in [5.41, 5.74) is 1.49. The fourth-order valence-corrected chi connectivity index (χ4v) is 2.10. The molecule has 3 rings (SSSR count). The Morgan fingerprint density at radius 2 is 2.10 bits per heavy atom. The Labute approximate surface area is 120 Å². The van der Waals surface area contributed by atoms with E-state index in [0.29, 0.717) is 43.0 Å². The van der Waals surface area contributed by atoms with Crippen LogP contribution in [0.1, 0.15) is 10.4 Å². The summed E-state index contributed by atoms with van der Waals surface area (Å²) in [4.78, 5) is 29.4. The standard InChI is InChI=1S/C14H14N2O5/c17-13(16-3-5-19-6-4-16)8-20-14(18)10-1-2-11-12(7-10)21-9-15-11/h1-2,7,9H,3-6,8H2. The van der Waals surface area contributed by atoms with Crippen LogP contribution in [-0.2, 0) is 14.3 Å². The van der Waals surface area contributed by atoms with E-state index < -0.39 is 5.97 Å². The summed E-state index contributed by atoms with van der Waals surface area (Å²) in [6.07, 6.45) is 1.31. The monoisotopic (exact) mass is 290 g/mol. The lowest BCUT2D eigenvalue weighted by Gasteiger charge is -2.26. The predicted molar refractivity (Wildman–Crippen MR) is 71.7 cm³/mol. The molecule has 110 valence electrons. The zero-order valence-corrected chi connectivity index (χ0v) is 11.3. The number of fused-ring (bicyclic) bond motifs is 1. The van der Waals surface area contributed by atoms with E-state index >= 15 is 0 Å². The van der Waals surface area contributed by atoms with Crippen LogP contribution in [0.15, 0.2) is 29.0 Å². The largest absolute Gasteiger partial charge is 0.452 e. The summed E-state index contributed by atoms with van der Waals surface area (Å²) in [5, 5.41) is 0. The maximum Gasteiger partial charge on any atom is 0.338 e. The molecule has 21 heavy (non-hydrogen) atoms. The van der Waals surface area contributed by atoms with Gasteiger partial charge in [0.1, 0.15) is 5.52 Å². The maximum atomic E-state index is 11.9. The second-order valence-electron chi connectivity index (χ2n) is 4.60. The van der Waals surface area contributed by atoms with Crippen molar-refractivity contribution in [3.05, 3.63) is 30.2 Å². The van der Waals surface area contributed by atoms with E-state index in [1.54, 1.807) is 23.1 Å². The molecule has 0 bridgehead atoms. The average molecular weight is 290 g/mol. The number of oxazole rings is 1. The van der Waals surface area contributed by atoms with Gasteiger partial charge in [0.15, 0.2) is 18.6 Å². The molecule has 7 nitrogen and oxygen atoms in total. The molecule has 1 saturated heterocycles. The van der Waals surface area contributed by atoms with Gasteiger partial charge in [-0.1, -0.05) is 0 Å². The minimum absolute atomic E-state index is 0.215. The molecule has 0 aliphatic carbocycles. The van der Waals surface area contributed by atoms with Crippen LogP contribution in [0.4, 0.5) is 0 Å². The first-order chi connectivity index (χ1) is 10.2. The fraction of sp³-hybridized carbons (Fsp3) is 0.357. The third-order valence-corrected chi connectivity index (χ3v) is 3.26. The number of hydrogen-bond acceptors (Lipinski definition) is 6.